The average Bonchev–Trinajstić information content (AvgIpc) is 1.84. The number of rotatable bonds is 0. The van der Waals surface area contributed by atoms with Crippen molar-refractivity contribution in [1.29, 1.82) is 5.41 Å². The highest BCUT2D eigenvalue weighted by Crippen LogP contribution is 1.96. The van der Waals surface area contributed by atoms with E-state index in [1.54, 1.807) is 0 Å². The van der Waals surface area contributed by atoms with Gasteiger partial charge in [0.15, 0.2) is 0 Å². The van der Waals surface area contributed by atoms with Crippen LogP contribution in [0.1, 0.15) is 6.92 Å². The van der Waals surface area contributed by atoms with E-state index in [-0.39, 0.29) is 0 Å². The molecular weight excluding hydrogens is 128 g/mol. The fraction of sp³-hybridized carbons (Fsp3) is 0.857. The summed E-state index contributed by atoms with van der Waals surface area (Å²) in [5.74, 6) is 0.577. The summed E-state index contributed by atoms with van der Waals surface area (Å²) < 4.78 is 5.23. The summed E-state index contributed by atoms with van der Waals surface area (Å²) in [7, 11) is 0. The van der Waals surface area contributed by atoms with E-state index < -0.39 is 0 Å². The van der Waals surface area contributed by atoms with E-state index in [9.17, 15) is 0 Å². The molecule has 1 atom stereocenters. The van der Waals surface area contributed by atoms with Crippen LogP contribution in [0.2, 0.25) is 0 Å². The van der Waals surface area contributed by atoms with E-state index in [4.69, 9.17) is 10.1 Å². The van der Waals surface area contributed by atoms with Gasteiger partial charge in [-0.1, -0.05) is 6.92 Å². The second-order valence-electron chi connectivity index (χ2n) is 2.85. The van der Waals surface area contributed by atoms with Crippen LogP contribution in [0.4, 0.5) is 0 Å². The second-order valence-corrected chi connectivity index (χ2v) is 2.85. The van der Waals surface area contributed by atoms with Crippen LogP contribution >= 0.6 is 0 Å². The van der Waals surface area contributed by atoms with Gasteiger partial charge < -0.3 is 15.5 Å². The Morgan fingerprint density at radius 1 is 1.70 bits per heavy atom. The molecule has 3 heteroatoms. The van der Waals surface area contributed by atoms with Crippen molar-refractivity contribution >= 4 is 5.71 Å². The van der Waals surface area contributed by atoms with Crippen molar-refractivity contribution in [3.63, 3.8) is 0 Å². The Balaban J connectivity index is 2.27. The van der Waals surface area contributed by atoms with Crippen molar-refractivity contribution in [2.75, 3.05) is 26.3 Å². The smallest absolute Gasteiger partial charge is 0.0854 e. The summed E-state index contributed by atoms with van der Waals surface area (Å²) in [5.41, 5.74) is 0.645. The number of hydrogen-bond donors (Lipinski definition) is 2. The summed E-state index contributed by atoms with van der Waals surface area (Å²) in [6.07, 6.45) is 0. The first-order valence-corrected chi connectivity index (χ1v) is 3.64. The highest BCUT2D eigenvalue weighted by atomic mass is 16.5. The highest BCUT2D eigenvalue weighted by Gasteiger charge is 2.07. The summed E-state index contributed by atoms with van der Waals surface area (Å²) in [6, 6.07) is 0. The molecule has 1 aliphatic heterocycles. The van der Waals surface area contributed by atoms with Crippen LogP contribution in [0.3, 0.4) is 0 Å². The van der Waals surface area contributed by atoms with Crippen LogP contribution < -0.4 is 5.32 Å². The number of hydrogen-bond acceptors (Lipinski definition) is 3. The molecule has 2 N–H and O–H groups in total. The molecule has 0 bridgehead atoms. The molecule has 58 valence electrons. The van der Waals surface area contributed by atoms with Crippen molar-refractivity contribution in [3.8, 4) is 0 Å². The fourth-order valence-corrected chi connectivity index (χ4v) is 0.963. The zero-order valence-electron chi connectivity index (χ0n) is 6.31. The summed E-state index contributed by atoms with van der Waals surface area (Å²) in [4.78, 5) is 0. The summed E-state index contributed by atoms with van der Waals surface area (Å²) >= 11 is 0. The van der Waals surface area contributed by atoms with Crippen LogP contribution in [-0.2, 0) is 4.74 Å². The molecule has 0 aromatic heterocycles. The van der Waals surface area contributed by atoms with Crippen LogP contribution in [0.5, 0.6) is 0 Å². The quantitative estimate of drug-likeness (QED) is 0.509. The average molecular weight is 142 g/mol. The highest BCUT2D eigenvalue weighted by molar-refractivity contribution is 5.84. The van der Waals surface area contributed by atoms with Crippen molar-refractivity contribution in [2.45, 2.75) is 6.92 Å². The van der Waals surface area contributed by atoms with Crippen molar-refractivity contribution in [3.05, 3.63) is 0 Å². The first-order chi connectivity index (χ1) is 4.79. The van der Waals surface area contributed by atoms with Gasteiger partial charge in [0.2, 0.25) is 0 Å². The predicted molar refractivity (Wildman–Crippen MR) is 40.6 cm³/mol. The summed E-state index contributed by atoms with van der Waals surface area (Å²) in [5, 5.41) is 10.5. The lowest BCUT2D eigenvalue weighted by Gasteiger charge is -2.17. The Hall–Kier alpha value is -0.410. The third-order valence-corrected chi connectivity index (χ3v) is 1.51. The SMILES string of the molecule is CC1CNCC(=N)COC1. The Morgan fingerprint density at radius 2 is 2.50 bits per heavy atom. The minimum absolute atomic E-state index is 0.497. The van der Waals surface area contributed by atoms with E-state index in [0.717, 1.165) is 13.2 Å². The van der Waals surface area contributed by atoms with Gasteiger partial charge in [0.05, 0.1) is 13.2 Å². The third-order valence-electron chi connectivity index (χ3n) is 1.51. The molecule has 1 rings (SSSR count). The van der Waals surface area contributed by atoms with E-state index >= 15 is 0 Å². The Bertz CT molecular complexity index is 113. The van der Waals surface area contributed by atoms with Crippen molar-refractivity contribution in [1.82, 2.24) is 5.32 Å². The maximum atomic E-state index is 7.30. The van der Waals surface area contributed by atoms with Gasteiger partial charge in [-0.25, -0.2) is 0 Å². The molecule has 0 aliphatic carbocycles. The van der Waals surface area contributed by atoms with Crippen LogP contribution in [0.25, 0.3) is 0 Å². The lowest BCUT2D eigenvalue weighted by molar-refractivity contribution is 0.130. The first kappa shape index (κ1) is 7.69. The molecule has 0 aromatic rings. The third kappa shape index (κ3) is 2.45. The molecule has 0 radical (unpaired) electrons. The van der Waals surface area contributed by atoms with E-state index in [1.807, 2.05) is 0 Å². The molecule has 0 spiro atoms. The standard InChI is InChI=1S/C7H14N2O/c1-6-2-9-3-7(8)5-10-4-6/h6,8-9H,2-5H2,1H3. The Kier molecular flexibility index (Phi) is 2.83. The number of ether oxygens (including phenoxy) is 1. The minimum atomic E-state index is 0.497. The lowest BCUT2D eigenvalue weighted by atomic mass is 10.2. The molecule has 0 saturated carbocycles. The van der Waals surface area contributed by atoms with Gasteiger partial charge in [-0.3, -0.25) is 0 Å². The summed E-state index contributed by atoms with van der Waals surface area (Å²) in [6.45, 7) is 5.06. The maximum Gasteiger partial charge on any atom is 0.0854 e. The molecule has 1 heterocycles. The maximum absolute atomic E-state index is 7.30. The van der Waals surface area contributed by atoms with Crippen LogP contribution in [-0.4, -0.2) is 32.0 Å². The fourth-order valence-electron chi connectivity index (χ4n) is 0.963. The minimum Gasteiger partial charge on any atom is -0.375 e. The van der Waals surface area contributed by atoms with Gasteiger partial charge in [0.25, 0.3) is 0 Å². The molecule has 0 amide bonds. The van der Waals surface area contributed by atoms with E-state index in [2.05, 4.69) is 12.2 Å². The van der Waals surface area contributed by atoms with Gasteiger partial charge in [0.1, 0.15) is 0 Å². The van der Waals surface area contributed by atoms with E-state index in [0.29, 0.717) is 24.8 Å². The topological polar surface area (TPSA) is 45.1 Å². The van der Waals surface area contributed by atoms with Crippen molar-refractivity contribution < 1.29 is 4.74 Å². The molecule has 3 nitrogen and oxygen atoms in total. The van der Waals surface area contributed by atoms with Crippen LogP contribution in [0.15, 0.2) is 0 Å². The monoisotopic (exact) mass is 142 g/mol. The van der Waals surface area contributed by atoms with Crippen LogP contribution in [0, 0.1) is 11.3 Å². The molecule has 1 saturated heterocycles. The number of nitrogens with one attached hydrogen (secondary N) is 2. The van der Waals surface area contributed by atoms with Gasteiger partial charge in [0, 0.05) is 18.8 Å². The molecule has 1 aliphatic rings. The predicted octanol–water partition coefficient (Wildman–Crippen LogP) is 0.262. The van der Waals surface area contributed by atoms with Gasteiger partial charge in [-0.05, 0) is 5.92 Å². The second kappa shape index (κ2) is 3.68. The lowest BCUT2D eigenvalue weighted by Crippen LogP contribution is -2.34. The molecular formula is C7H14N2O. The Labute approximate surface area is 61.3 Å². The zero-order valence-corrected chi connectivity index (χ0v) is 6.31. The molecule has 10 heavy (non-hydrogen) atoms. The van der Waals surface area contributed by atoms with Gasteiger partial charge in [-0.15, -0.1) is 0 Å². The van der Waals surface area contributed by atoms with Crippen molar-refractivity contribution in [2.24, 2.45) is 5.92 Å². The van der Waals surface area contributed by atoms with E-state index in [1.165, 1.54) is 0 Å². The molecule has 1 fully saturated rings. The first-order valence-electron chi connectivity index (χ1n) is 3.64. The molecule has 1 unspecified atom stereocenters. The normalized spacial score (nSPS) is 29.3. The zero-order chi connectivity index (χ0) is 7.40. The Morgan fingerprint density at radius 3 is 3.30 bits per heavy atom. The molecule has 0 aromatic carbocycles. The van der Waals surface area contributed by atoms with Gasteiger partial charge in [-0.2, -0.15) is 0 Å². The van der Waals surface area contributed by atoms with Gasteiger partial charge >= 0.3 is 0 Å². The largest absolute Gasteiger partial charge is 0.375 e.